The number of nitrogens with one attached hydrogen (secondary N) is 2. The molecule has 2 amide bonds. The largest absolute Gasteiger partial charge is 0.352 e. The SMILES string of the molecule is CCCNC(=O)c1ccnc(C(=O)NCCC2=CCCCC2)c1. The summed E-state index contributed by atoms with van der Waals surface area (Å²) in [6.45, 7) is 3.23. The number of pyridine rings is 1. The molecule has 1 aliphatic rings. The van der Waals surface area contributed by atoms with Gasteiger partial charge in [0.05, 0.1) is 0 Å². The zero-order valence-corrected chi connectivity index (χ0v) is 13.7. The van der Waals surface area contributed by atoms with Crippen molar-refractivity contribution >= 4 is 11.8 Å². The highest BCUT2D eigenvalue weighted by Crippen LogP contribution is 2.19. The van der Waals surface area contributed by atoms with Crippen LogP contribution in [0.15, 0.2) is 30.0 Å². The van der Waals surface area contributed by atoms with E-state index in [4.69, 9.17) is 0 Å². The van der Waals surface area contributed by atoms with Crippen LogP contribution in [0.4, 0.5) is 0 Å². The van der Waals surface area contributed by atoms with Crippen LogP contribution in [0.5, 0.6) is 0 Å². The van der Waals surface area contributed by atoms with Gasteiger partial charge >= 0.3 is 0 Å². The van der Waals surface area contributed by atoms with Crippen molar-refractivity contribution in [1.29, 1.82) is 0 Å². The third-order valence-corrected chi connectivity index (χ3v) is 3.91. The van der Waals surface area contributed by atoms with Crippen molar-refractivity contribution in [2.45, 2.75) is 45.4 Å². The Morgan fingerprint density at radius 1 is 1.17 bits per heavy atom. The van der Waals surface area contributed by atoms with E-state index in [2.05, 4.69) is 21.7 Å². The zero-order chi connectivity index (χ0) is 16.5. The molecule has 124 valence electrons. The number of allylic oxidation sites excluding steroid dienone is 1. The highest BCUT2D eigenvalue weighted by Gasteiger charge is 2.11. The van der Waals surface area contributed by atoms with Gasteiger partial charge in [0.15, 0.2) is 0 Å². The van der Waals surface area contributed by atoms with E-state index in [9.17, 15) is 9.59 Å². The topological polar surface area (TPSA) is 71.1 Å². The lowest BCUT2D eigenvalue weighted by molar-refractivity contribution is 0.0949. The van der Waals surface area contributed by atoms with E-state index >= 15 is 0 Å². The molecular weight excluding hydrogens is 290 g/mol. The fourth-order valence-corrected chi connectivity index (χ4v) is 2.60. The van der Waals surface area contributed by atoms with Crippen molar-refractivity contribution in [3.05, 3.63) is 41.2 Å². The monoisotopic (exact) mass is 315 g/mol. The maximum Gasteiger partial charge on any atom is 0.269 e. The molecule has 0 unspecified atom stereocenters. The van der Waals surface area contributed by atoms with Crippen LogP contribution in [-0.4, -0.2) is 29.9 Å². The number of nitrogens with zero attached hydrogens (tertiary/aromatic N) is 1. The Morgan fingerprint density at radius 2 is 2.00 bits per heavy atom. The van der Waals surface area contributed by atoms with Gasteiger partial charge in [-0.2, -0.15) is 0 Å². The van der Waals surface area contributed by atoms with Crippen LogP contribution < -0.4 is 10.6 Å². The number of rotatable bonds is 7. The van der Waals surface area contributed by atoms with Crippen molar-refractivity contribution in [1.82, 2.24) is 15.6 Å². The van der Waals surface area contributed by atoms with Crippen molar-refractivity contribution in [3.8, 4) is 0 Å². The lowest BCUT2D eigenvalue weighted by Crippen LogP contribution is -2.27. The fraction of sp³-hybridized carbons (Fsp3) is 0.500. The highest BCUT2D eigenvalue weighted by molar-refractivity contribution is 5.98. The Hall–Kier alpha value is -2.17. The standard InChI is InChI=1S/C18H25N3O2/c1-2-10-20-17(22)15-9-12-19-16(13-15)18(23)21-11-8-14-6-4-3-5-7-14/h6,9,12-13H,2-5,7-8,10-11H2,1H3,(H,20,22)(H,21,23). The van der Waals surface area contributed by atoms with Crippen LogP contribution in [0.25, 0.3) is 0 Å². The third-order valence-electron chi connectivity index (χ3n) is 3.91. The van der Waals surface area contributed by atoms with Gasteiger partial charge in [-0.05, 0) is 50.7 Å². The molecule has 0 bridgehead atoms. The molecule has 5 nitrogen and oxygen atoms in total. The summed E-state index contributed by atoms with van der Waals surface area (Å²) in [7, 11) is 0. The highest BCUT2D eigenvalue weighted by atomic mass is 16.2. The third kappa shape index (κ3) is 5.51. The molecule has 2 N–H and O–H groups in total. The molecule has 0 atom stereocenters. The second-order valence-electron chi connectivity index (χ2n) is 5.80. The average Bonchev–Trinajstić information content (AvgIpc) is 2.60. The fourth-order valence-electron chi connectivity index (χ4n) is 2.60. The van der Waals surface area contributed by atoms with Gasteiger partial charge in [-0.25, -0.2) is 0 Å². The predicted molar refractivity (Wildman–Crippen MR) is 90.4 cm³/mol. The molecule has 0 aliphatic heterocycles. The first kappa shape index (κ1) is 17.2. The zero-order valence-electron chi connectivity index (χ0n) is 13.7. The van der Waals surface area contributed by atoms with Crippen molar-refractivity contribution in [3.63, 3.8) is 0 Å². The molecule has 0 saturated carbocycles. The van der Waals surface area contributed by atoms with Gasteiger partial charge in [-0.15, -0.1) is 0 Å². The maximum atomic E-state index is 12.2. The summed E-state index contributed by atoms with van der Waals surface area (Å²) < 4.78 is 0. The van der Waals surface area contributed by atoms with E-state index in [1.807, 2.05) is 6.92 Å². The minimum absolute atomic E-state index is 0.171. The van der Waals surface area contributed by atoms with Crippen LogP contribution in [0, 0.1) is 0 Å². The maximum absolute atomic E-state index is 12.2. The number of carbonyl (C=O) groups excluding carboxylic acids is 2. The summed E-state index contributed by atoms with van der Waals surface area (Å²) in [5.41, 5.74) is 2.18. The Labute approximate surface area is 137 Å². The summed E-state index contributed by atoms with van der Waals surface area (Å²) in [6, 6.07) is 3.16. The van der Waals surface area contributed by atoms with E-state index in [0.717, 1.165) is 25.7 Å². The van der Waals surface area contributed by atoms with Crippen molar-refractivity contribution in [2.75, 3.05) is 13.1 Å². The molecule has 0 saturated heterocycles. The molecule has 1 heterocycles. The van der Waals surface area contributed by atoms with Crippen LogP contribution in [0.1, 0.15) is 66.3 Å². The van der Waals surface area contributed by atoms with Gasteiger partial charge in [0, 0.05) is 24.8 Å². The molecule has 1 aliphatic carbocycles. The van der Waals surface area contributed by atoms with Gasteiger partial charge in [-0.3, -0.25) is 14.6 Å². The molecule has 0 fully saturated rings. The first-order valence-electron chi connectivity index (χ1n) is 8.41. The molecule has 0 radical (unpaired) electrons. The first-order valence-corrected chi connectivity index (χ1v) is 8.41. The quantitative estimate of drug-likeness (QED) is 0.760. The van der Waals surface area contributed by atoms with Gasteiger partial charge < -0.3 is 10.6 Å². The Morgan fingerprint density at radius 3 is 2.74 bits per heavy atom. The lowest BCUT2D eigenvalue weighted by atomic mass is 9.97. The second kappa shape index (κ2) is 9.08. The van der Waals surface area contributed by atoms with Gasteiger partial charge in [0.2, 0.25) is 0 Å². The minimum atomic E-state index is -0.230. The molecular formula is C18H25N3O2. The summed E-state index contributed by atoms with van der Waals surface area (Å²) >= 11 is 0. The van der Waals surface area contributed by atoms with E-state index < -0.39 is 0 Å². The number of hydrogen-bond donors (Lipinski definition) is 2. The molecule has 5 heteroatoms. The average molecular weight is 315 g/mol. The molecule has 1 aromatic heterocycles. The molecule has 2 rings (SSSR count). The summed E-state index contributed by atoms with van der Waals surface area (Å²) in [5.74, 6) is -0.401. The van der Waals surface area contributed by atoms with Gasteiger partial charge in [0.25, 0.3) is 11.8 Å². The summed E-state index contributed by atoms with van der Waals surface area (Å²) in [5, 5.41) is 5.68. The van der Waals surface area contributed by atoms with Gasteiger partial charge in [0.1, 0.15) is 5.69 Å². The Balaban J connectivity index is 1.86. The first-order chi connectivity index (χ1) is 11.2. The number of amides is 2. The Kier molecular flexibility index (Phi) is 6.78. The number of carbonyl (C=O) groups is 2. The van der Waals surface area contributed by atoms with Gasteiger partial charge in [-0.1, -0.05) is 18.6 Å². The molecule has 23 heavy (non-hydrogen) atoms. The smallest absolute Gasteiger partial charge is 0.269 e. The van der Waals surface area contributed by atoms with E-state index in [0.29, 0.717) is 18.7 Å². The van der Waals surface area contributed by atoms with E-state index in [-0.39, 0.29) is 17.5 Å². The number of aromatic nitrogens is 1. The van der Waals surface area contributed by atoms with Crippen molar-refractivity contribution in [2.24, 2.45) is 0 Å². The molecule has 0 aromatic carbocycles. The van der Waals surface area contributed by atoms with E-state index in [1.165, 1.54) is 24.6 Å². The van der Waals surface area contributed by atoms with Crippen molar-refractivity contribution < 1.29 is 9.59 Å². The molecule has 1 aromatic rings. The minimum Gasteiger partial charge on any atom is -0.352 e. The number of hydrogen-bond acceptors (Lipinski definition) is 3. The summed E-state index contributed by atoms with van der Waals surface area (Å²) in [6.07, 6.45) is 10.4. The lowest BCUT2D eigenvalue weighted by Gasteiger charge is -2.13. The second-order valence-corrected chi connectivity index (χ2v) is 5.80. The van der Waals surface area contributed by atoms with Crippen LogP contribution in [-0.2, 0) is 0 Å². The van der Waals surface area contributed by atoms with Crippen LogP contribution in [0.2, 0.25) is 0 Å². The summed E-state index contributed by atoms with van der Waals surface area (Å²) in [4.78, 5) is 28.1. The van der Waals surface area contributed by atoms with E-state index in [1.54, 1.807) is 12.1 Å². The molecule has 0 spiro atoms. The predicted octanol–water partition coefficient (Wildman–Crippen LogP) is 2.84. The normalized spacial score (nSPS) is 14.0. The Bertz CT molecular complexity index is 581. The van der Waals surface area contributed by atoms with Crippen LogP contribution >= 0.6 is 0 Å². The van der Waals surface area contributed by atoms with Crippen LogP contribution in [0.3, 0.4) is 0 Å².